The summed E-state index contributed by atoms with van der Waals surface area (Å²) in [5, 5.41) is 2.99. The Kier molecular flexibility index (Phi) is 5.39. The first-order valence-corrected chi connectivity index (χ1v) is 9.88. The van der Waals surface area contributed by atoms with Crippen LogP contribution in [0.2, 0.25) is 0 Å². The largest absolute Gasteiger partial charge is 0.491 e. The molecule has 3 N–H and O–H groups in total. The van der Waals surface area contributed by atoms with Crippen LogP contribution in [0.25, 0.3) is 0 Å². The van der Waals surface area contributed by atoms with E-state index in [1.165, 1.54) is 5.56 Å². The number of hydrogen-bond donors (Lipinski definition) is 2. The van der Waals surface area contributed by atoms with Gasteiger partial charge in [0.15, 0.2) is 0 Å². The molecule has 6 heteroatoms. The molecule has 2 aromatic carbocycles. The second-order valence-corrected chi connectivity index (χ2v) is 7.47. The lowest BCUT2D eigenvalue weighted by atomic mass is 9.83. The maximum Gasteiger partial charge on any atom is 0.407 e. The average Bonchev–Trinajstić information content (AvgIpc) is 2.68. The zero-order chi connectivity index (χ0) is 19.5. The molecular formula is C22H27N3O3. The standard InChI is InChI=1S/C22H27N3O3/c1-2-27-22(26)24-20-14-28-21-9-8-17(25-12-16(23)13-25)11-19(21)18(20)10-15-6-4-3-5-7-15/h3-9,11,16,18,20H,2,10,12-14,23H2,1H3,(H,24,26). The molecule has 1 fully saturated rings. The van der Waals surface area contributed by atoms with E-state index < -0.39 is 6.09 Å². The van der Waals surface area contributed by atoms with Crippen LogP contribution in [0, 0.1) is 0 Å². The number of hydrogen-bond acceptors (Lipinski definition) is 5. The van der Waals surface area contributed by atoms with E-state index in [9.17, 15) is 4.79 Å². The molecule has 2 unspecified atom stereocenters. The second-order valence-electron chi connectivity index (χ2n) is 7.47. The number of nitrogens with two attached hydrogens (primary N) is 1. The minimum Gasteiger partial charge on any atom is -0.491 e. The first kappa shape index (κ1) is 18.6. The number of benzene rings is 2. The van der Waals surface area contributed by atoms with E-state index in [0.29, 0.717) is 13.2 Å². The molecule has 2 aliphatic rings. The number of anilines is 1. The first-order valence-electron chi connectivity index (χ1n) is 9.88. The number of rotatable bonds is 5. The number of alkyl carbamates (subject to hydrolysis) is 1. The fourth-order valence-electron chi connectivity index (χ4n) is 3.98. The molecule has 0 aliphatic carbocycles. The van der Waals surface area contributed by atoms with Crippen molar-refractivity contribution in [3.05, 3.63) is 59.7 Å². The molecule has 1 amide bonds. The summed E-state index contributed by atoms with van der Waals surface area (Å²) >= 11 is 0. The highest BCUT2D eigenvalue weighted by atomic mass is 16.5. The summed E-state index contributed by atoms with van der Waals surface area (Å²) in [5.74, 6) is 0.988. The SMILES string of the molecule is CCOC(=O)NC1COc2ccc(N3CC(N)C3)cc2C1Cc1ccccc1. The number of carbonyl (C=O) groups excluding carboxylic acids is 1. The van der Waals surface area contributed by atoms with E-state index in [0.717, 1.165) is 36.5 Å². The molecule has 0 bridgehead atoms. The Hall–Kier alpha value is -2.73. The minimum absolute atomic E-state index is 0.102. The van der Waals surface area contributed by atoms with Gasteiger partial charge in [-0.2, -0.15) is 0 Å². The molecule has 2 atom stereocenters. The van der Waals surface area contributed by atoms with Gasteiger partial charge in [-0.15, -0.1) is 0 Å². The van der Waals surface area contributed by atoms with E-state index in [1.807, 2.05) is 24.3 Å². The number of ether oxygens (including phenoxy) is 2. The summed E-state index contributed by atoms with van der Waals surface area (Å²) in [6.07, 6.45) is 0.416. The lowest BCUT2D eigenvalue weighted by Gasteiger charge is -2.40. The molecule has 2 aromatic rings. The van der Waals surface area contributed by atoms with Gasteiger partial charge in [-0.3, -0.25) is 0 Å². The minimum atomic E-state index is -0.400. The van der Waals surface area contributed by atoms with Gasteiger partial charge in [0.05, 0.1) is 12.6 Å². The Morgan fingerprint density at radius 3 is 2.75 bits per heavy atom. The molecule has 1 saturated heterocycles. The molecule has 0 spiro atoms. The average molecular weight is 381 g/mol. The lowest BCUT2D eigenvalue weighted by molar-refractivity contribution is 0.135. The van der Waals surface area contributed by atoms with E-state index >= 15 is 0 Å². The Labute approximate surface area is 165 Å². The van der Waals surface area contributed by atoms with Crippen LogP contribution in [0.5, 0.6) is 5.75 Å². The summed E-state index contributed by atoms with van der Waals surface area (Å²) in [6.45, 7) is 4.31. The molecular weight excluding hydrogens is 354 g/mol. The van der Waals surface area contributed by atoms with Gasteiger partial charge in [0.25, 0.3) is 0 Å². The van der Waals surface area contributed by atoms with Crippen LogP contribution in [0.15, 0.2) is 48.5 Å². The molecule has 28 heavy (non-hydrogen) atoms. The Morgan fingerprint density at radius 2 is 2.04 bits per heavy atom. The molecule has 2 aliphatic heterocycles. The van der Waals surface area contributed by atoms with Crippen LogP contribution in [-0.4, -0.2) is 44.5 Å². The highest BCUT2D eigenvalue weighted by Crippen LogP contribution is 2.39. The van der Waals surface area contributed by atoms with Crippen molar-refractivity contribution < 1.29 is 14.3 Å². The fraction of sp³-hybridized carbons (Fsp3) is 0.409. The highest BCUT2D eigenvalue weighted by molar-refractivity contribution is 5.68. The van der Waals surface area contributed by atoms with Gasteiger partial charge in [0.1, 0.15) is 12.4 Å². The van der Waals surface area contributed by atoms with Gasteiger partial charge in [-0.05, 0) is 37.1 Å². The van der Waals surface area contributed by atoms with Gasteiger partial charge in [-0.25, -0.2) is 4.79 Å². The van der Waals surface area contributed by atoms with Crippen LogP contribution in [-0.2, 0) is 11.2 Å². The van der Waals surface area contributed by atoms with Crippen LogP contribution >= 0.6 is 0 Å². The number of amides is 1. The summed E-state index contributed by atoms with van der Waals surface area (Å²) in [5.41, 5.74) is 9.45. The van der Waals surface area contributed by atoms with Crippen LogP contribution in [0.1, 0.15) is 24.0 Å². The van der Waals surface area contributed by atoms with E-state index in [1.54, 1.807) is 6.92 Å². The maximum absolute atomic E-state index is 12.1. The third-order valence-electron chi connectivity index (χ3n) is 5.45. The zero-order valence-corrected chi connectivity index (χ0v) is 16.1. The summed E-state index contributed by atoms with van der Waals surface area (Å²) in [6, 6.07) is 16.7. The highest BCUT2D eigenvalue weighted by Gasteiger charge is 2.34. The van der Waals surface area contributed by atoms with Crippen molar-refractivity contribution in [2.45, 2.75) is 31.3 Å². The van der Waals surface area contributed by atoms with Crippen molar-refractivity contribution in [1.82, 2.24) is 5.32 Å². The summed E-state index contributed by atoms with van der Waals surface area (Å²) in [7, 11) is 0. The van der Waals surface area contributed by atoms with Crippen molar-refractivity contribution >= 4 is 11.8 Å². The van der Waals surface area contributed by atoms with Crippen LogP contribution in [0.4, 0.5) is 10.5 Å². The maximum atomic E-state index is 12.1. The van der Waals surface area contributed by atoms with Crippen molar-refractivity contribution in [2.75, 3.05) is 31.2 Å². The molecule has 0 radical (unpaired) electrons. The summed E-state index contributed by atoms with van der Waals surface area (Å²) < 4.78 is 11.1. The fourth-order valence-corrected chi connectivity index (χ4v) is 3.98. The molecule has 0 saturated carbocycles. The first-order chi connectivity index (χ1) is 13.6. The van der Waals surface area contributed by atoms with Crippen LogP contribution < -0.4 is 20.7 Å². The Bertz CT molecular complexity index is 821. The van der Waals surface area contributed by atoms with E-state index in [4.69, 9.17) is 15.2 Å². The lowest BCUT2D eigenvalue weighted by Crippen LogP contribution is -2.56. The third kappa shape index (κ3) is 3.92. The summed E-state index contributed by atoms with van der Waals surface area (Å²) in [4.78, 5) is 14.3. The van der Waals surface area contributed by atoms with Crippen LogP contribution in [0.3, 0.4) is 0 Å². The van der Waals surface area contributed by atoms with Gasteiger partial charge >= 0.3 is 6.09 Å². The van der Waals surface area contributed by atoms with Gasteiger partial charge < -0.3 is 25.4 Å². The van der Waals surface area contributed by atoms with E-state index in [-0.39, 0.29) is 18.0 Å². The quantitative estimate of drug-likeness (QED) is 0.833. The van der Waals surface area contributed by atoms with E-state index in [2.05, 4.69) is 34.5 Å². The van der Waals surface area contributed by atoms with Gasteiger partial charge in [0, 0.05) is 36.3 Å². The molecule has 2 heterocycles. The second kappa shape index (κ2) is 8.10. The molecule has 0 aromatic heterocycles. The van der Waals surface area contributed by atoms with Gasteiger partial charge in [0.2, 0.25) is 0 Å². The number of nitrogens with zero attached hydrogens (tertiary/aromatic N) is 1. The van der Waals surface area contributed by atoms with Crippen molar-refractivity contribution in [3.8, 4) is 5.75 Å². The molecule has 6 nitrogen and oxygen atoms in total. The number of carbonyl (C=O) groups is 1. The monoisotopic (exact) mass is 381 g/mol. The topological polar surface area (TPSA) is 76.8 Å². The predicted molar refractivity (Wildman–Crippen MR) is 109 cm³/mol. The zero-order valence-electron chi connectivity index (χ0n) is 16.1. The Balaban J connectivity index is 1.63. The number of fused-ring (bicyclic) bond motifs is 1. The smallest absolute Gasteiger partial charge is 0.407 e. The van der Waals surface area contributed by atoms with Crippen molar-refractivity contribution in [1.29, 1.82) is 0 Å². The third-order valence-corrected chi connectivity index (χ3v) is 5.45. The Morgan fingerprint density at radius 1 is 1.25 bits per heavy atom. The van der Waals surface area contributed by atoms with Crippen molar-refractivity contribution in [3.63, 3.8) is 0 Å². The molecule has 148 valence electrons. The normalized spacial score (nSPS) is 21.3. The molecule has 4 rings (SSSR count). The van der Waals surface area contributed by atoms with Crippen molar-refractivity contribution in [2.24, 2.45) is 5.73 Å². The predicted octanol–water partition coefficient (Wildman–Crippen LogP) is 2.67. The van der Waals surface area contributed by atoms with Gasteiger partial charge in [-0.1, -0.05) is 30.3 Å². The number of nitrogens with one attached hydrogen (secondary N) is 1.